The van der Waals surface area contributed by atoms with E-state index in [0.717, 1.165) is 18.2 Å². The Morgan fingerprint density at radius 1 is 1.00 bits per heavy atom. The van der Waals surface area contributed by atoms with Gasteiger partial charge in [-0.15, -0.1) is 0 Å². The lowest BCUT2D eigenvalue weighted by Crippen LogP contribution is -2.55. The molecule has 1 aliphatic carbocycles. The van der Waals surface area contributed by atoms with E-state index in [0.29, 0.717) is 0 Å². The zero-order valence-electron chi connectivity index (χ0n) is 19.7. The van der Waals surface area contributed by atoms with Crippen LogP contribution >= 0.6 is 23.2 Å². The van der Waals surface area contributed by atoms with Gasteiger partial charge < -0.3 is 24.1 Å². The summed E-state index contributed by atoms with van der Waals surface area (Å²) in [6, 6.07) is 0. The fourth-order valence-corrected chi connectivity index (χ4v) is 8.72. The fourth-order valence-electron chi connectivity index (χ4n) is 2.95. The van der Waals surface area contributed by atoms with Crippen molar-refractivity contribution in [2.75, 3.05) is 51.1 Å². The average Bonchev–Trinajstić information content (AvgIpc) is 2.79. The van der Waals surface area contributed by atoms with Gasteiger partial charge in [-0.3, -0.25) is 0 Å². The zero-order chi connectivity index (χ0) is 27.6. The Morgan fingerprint density at radius 2 is 1.50 bits per heavy atom. The Morgan fingerprint density at radius 3 is 1.94 bits per heavy atom. The van der Waals surface area contributed by atoms with Gasteiger partial charge in [0.05, 0.1) is 37.9 Å². The summed E-state index contributed by atoms with van der Waals surface area (Å²) in [4.78, 5) is 22.3. The van der Waals surface area contributed by atoms with E-state index >= 15 is 0 Å². The van der Waals surface area contributed by atoms with Crippen molar-refractivity contribution >= 4 is 54.8 Å². The van der Waals surface area contributed by atoms with Crippen LogP contribution in [0, 0.1) is 0 Å². The molecule has 0 spiro atoms. The zero-order valence-corrected chi connectivity index (χ0v) is 22.8. The highest BCUT2D eigenvalue weighted by Crippen LogP contribution is 2.46. The normalized spacial score (nSPS) is 21.5. The van der Waals surface area contributed by atoms with Gasteiger partial charge in [0, 0.05) is 18.1 Å². The van der Waals surface area contributed by atoms with Crippen molar-refractivity contribution < 1.29 is 50.5 Å². The van der Waals surface area contributed by atoms with Crippen molar-refractivity contribution in [3.05, 3.63) is 37.0 Å². The van der Waals surface area contributed by atoms with Crippen LogP contribution in [-0.2, 0) is 48.2 Å². The van der Waals surface area contributed by atoms with Crippen LogP contribution < -0.4 is 0 Å². The molecule has 0 saturated carbocycles. The lowest BCUT2D eigenvalue weighted by Gasteiger charge is -2.39. The van der Waals surface area contributed by atoms with Crippen LogP contribution in [0.1, 0.15) is 13.3 Å². The quantitative estimate of drug-likeness (QED) is 0.0890. The molecule has 0 radical (unpaired) electrons. The van der Waals surface area contributed by atoms with Crippen molar-refractivity contribution in [1.29, 1.82) is 0 Å². The summed E-state index contributed by atoms with van der Waals surface area (Å²) in [5, 5.41) is 10.0. The van der Waals surface area contributed by atoms with Crippen LogP contribution in [0.25, 0.3) is 0 Å². The van der Waals surface area contributed by atoms with Gasteiger partial charge in [-0.05, 0) is 13.0 Å². The highest BCUT2D eigenvalue weighted by Gasteiger charge is 2.59. The molecule has 36 heavy (non-hydrogen) atoms. The predicted octanol–water partition coefficient (Wildman–Crippen LogP) is 0.889. The summed E-state index contributed by atoms with van der Waals surface area (Å²) in [5.41, 5.74) is 0.184. The molecule has 1 N–H and O–H groups in total. The topological polar surface area (TPSA) is 160 Å². The first kappa shape index (κ1) is 32.5. The smallest absolute Gasteiger partial charge is 0.333 e. The minimum absolute atomic E-state index is 0.137. The lowest BCUT2D eigenvalue weighted by molar-refractivity contribution is -0.140. The standard InChI is InChI=1S/C21H30Cl2O11S2/c1-4-18(25)33-9-7-31-11-13-35(27,28)20(6-5-17(24)21(22,23)15-20)36(29,30)14-12-32-8-10-34-19(26)16(2)3/h4-6,17,24H,1-2,7-15H2,3H3. The number of halogens is 2. The number of ether oxygens (including phenoxy) is 4. The summed E-state index contributed by atoms with van der Waals surface area (Å²) >= 11 is 12.2. The number of carbonyl (C=O) groups excluding carboxylic acids is 2. The number of esters is 2. The molecule has 0 saturated heterocycles. The molecule has 0 bridgehead atoms. The number of hydrogen-bond acceptors (Lipinski definition) is 11. The molecule has 0 aliphatic heterocycles. The predicted molar refractivity (Wildman–Crippen MR) is 133 cm³/mol. The van der Waals surface area contributed by atoms with E-state index in [9.17, 15) is 31.5 Å². The minimum Gasteiger partial charge on any atom is -0.460 e. The molecule has 0 aromatic carbocycles. The first-order valence-electron chi connectivity index (χ1n) is 10.6. The van der Waals surface area contributed by atoms with Crippen LogP contribution in [0.2, 0.25) is 0 Å². The van der Waals surface area contributed by atoms with Gasteiger partial charge in [0.25, 0.3) is 0 Å². The SMILES string of the molecule is C=CC(=O)OCCOCCS(=O)(=O)C1(S(=O)(=O)CCOCCOC(=O)C(=C)C)C=CC(O)C(Cl)(Cl)C1. The maximum atomic E-state index is 13.3. The molecule has 0 fully saturated rings. The van der Waals surface area contributed by atoms with E-state index < -0.39 is 77.3 Å². The monoisotopic (exact) mass is 592 g/mol. The largest absolute Gasteiger partial charge is 0.460 e. The van der Waals surface area contributed by atoms with Gasteiger partial charge in [0.2, 0.25) is 0 Å². The van der Waals surface area contributed by atoms with Crippen LogP contribution in [-0.4, -0.2) is 99.5 Å². The second kappa shape index (κ2) is 13.9. The van der Waals surface area contributed by atoms with Gasteiger partial charge >= 0.3 is 11.9 Å². The Balaban J connectivity index is 2.91. The molecule has 0 aromatic rings. The minimum atomic E-state index is -4.51. The summed E-state index contributed by atoms with van der Waals surface area (Å²) in [5.74, 6) is -2.78. The first-order chi connectivity index (χ1) is 16.6. The van der Waals surface area contributed by atoms with Gasteiger partial charge in [0.1, 0.15) is 23.7 Å². The van der Waals surface area contributed by atoms with Gasteiger partial charge in [-0.25, -0.2) is 26.4 Å². The Hall–Kier alpha value is -1.48. The fraction of sp³-hybridized carbons (Fsp3) is 0.619. The van der Waals surface area contributed by atoms with Gasteiger partial charge in [-0.1, -0.05) is 42.4 Å². The van der Waals surface area contributed by atoms with Crippen LogP contribution in [0.4, 0.5) is 0 Å². The van der Waals surface area contributed by atoms with E-state index in [-0.39, 0.29) is 32.0 Å². The molecule has 0 amide bonds. The Labute approximate surface area is 220 Å². The molecule has 0 heterocycles. The highest BCUT2D eigenvalue weighted by atomic mass is 35.5. The third-order valence-electron chi connectivity index (χ3n) is 4.94. The Bertz CT molecular complexity index is 1050. The number of aliphatic hydroxyl groups is 1. The molecule has 11 nitrogen and oxygen atoms in total. The molecule has 1 aliphatic rings. The van der Waals surface area contributed by atoms with E-state index in [1.807, 2.05) is 0 Å². The van der Waals surface area contributed by atoms with Crippen LogP contribution in [0.15, 0.2) is 37.0 Å². The van der Waals surface area contributed by atoms with Crippen molar-refractivity contribution in [1.82, 2.24) is 0 Å². The summed E-state index contributed by atoms with van der Waals surface area (Å²) in [7, 11) is -9.03. The highest BCUT2D eigenvalue weighted by molar-refractivity contribution is 8.10. The third kappa shape index (κ3) is 8.82. The summed E-state index contributed by atoms with van der Waals surface area (Å²) < 4.78 is 68.4. The van der Waals surface area contributed by atoms with E-state index in [1.165, 1.54) is 6.92 Å². The van der Waals surface area contributed by atoms with Crippen molar-refractivity contribution in [3.8, 4) is 0 Å². The average molecular weight is 594 g/mol. The number of hydrogen-bond donors (Lipinski definition) is 1. The Kier molecular flexibility index (Phi) is 12.6. The molecule has 1 rings (SSSR count). The van der Waals surface area contributed by atoms with E-state index in [4.69, 9.17) is 42.1 Å². The van der Waals surface area contributed by atoms with Crippen molar-refractivity contribution in [2.45, 2.75) is 27.9 Å². The van der Waals surface area contributed by atoms with Gasteiger partial charge in [-0.2, -0.15) is 0 Å². The summed E-state index contributed by atoms with van der Waals surface area (Å²) in [6.07, 6.45) is 0.400. The van der Waals surface area contributed by atoms with E-state index in [1.54, 1.807) is 0 Å². The number of rotatable bonds is 16. The maximum Gasteiger partial charge on any atom is 0.333 e. The first-order valence-corrected chi connectivity index (χ1v) is 14.6. The number of carbonyl (C=O) groups is 2. The number of alkyl halides is 2. The second-order valence-electron chi connectivity index (χ2n) is 7.70. The maximum absolute atomic E-state index is 13.3. The molecular weight excluding hydrogens is 563 g/mol. The van der Waals surface area contributed by atoms with Crippen LogP contribution in [0.5, 0.6) is 0 Å². The number of aliphatic hydroxyl groups excluding tert-OH is 1. The van der Waals surface area contributed by atoms with Crippen LogP contribution in [0.3, 0.4) is 0 Å². The third-order valence-corrected chi connectivity index (χ3v) is 11.3. The lowest BCUT2D eigenvalue weighted by atomic mass is 10.0. The molecule has 0 aromatic heterocycles. The van der Waals surface area contributed by atoms with E-state index in [2.05, 4.69) is 13.2 Å². The number of sulfone groups is 2. The van der Waals surface area contributed by atoms with Gasteiger partial charge in [0.15, 0.2) is 23.8 Å². The molecule has 206 valence electrons. The molecular formula is C21H30Cl2O11S2. The second-order valence-corrected chi connectivity index (χ2v) is 14.2. The summed E-state index contributed by atoms with van der Waals surface area (Å²) in [6.45, 7) is 6.68. The molecule has 2 atom stereocenters. The molecule has 2 unspecified atom stereocenters. The molecule has 15 heteroatoms. The van der Waals surface area contributed by atoms with Crippen molar-refractivity contribution in [2.24, 2.45) is 0 Å². The van der Waals surface area contributed by atoms with Crippen molar-refractivity contribution in [3.63, 3.8) is 0 Å².